The Morgan fingerprint density at radius 3 is 2.40 bits per heavy atom. The molecule has 0 saturated carbocycles. The van der Waals surface area contributed by atoms with Gasteiger partial charge in [-0.3, -0.25) is 0 Å². The molecule has 0 spiro atoms. The van der Waals surface area contributed by atoms with E-state index in [1.54, 1.807) is 0 Å². The molecule has 212 valence electrons. The van der Waals surface area contributed by atoms with Crippen LogP contribution in [0.2, 0.25) is 0 Å². The van der Waals surface area contributed by atoms with Gasteiger partial charge in [0.15, 0.2) is 11.5 Å². The normalized spacial score (nSPS) is 18.8. The number of hydrogen-bond donors (Lipinski definition) is 1. The third-order valence-electron chi connectivity index (χ3n) is 9.14. The van der Waals surface area contributed by atoms with Crippen LogP contribution in [0, 0.1) is 0 Å². The van der Waals surface area contributed by atoms with Crippen LogP contribution in [-0.2, 0) is 25.8 Å². The van der Waals surface area contributed by atoms with Crippen molar-refractivity contribution in [3.8, 4) is 17.2 Å². The highest BCUT2D eigenvalue weighted by molar-refractivity contribution is 5.64. The number of hydrogen-bond acceptors (Lipinski definition) is 5. The van der Waals surface area contributed by atoms with Gasteiger partial charge in [0.2, 0.25) is 6.79 Å². The van der Waals surface area contributed by atoms with Crippen molar-refractivity contribution in [2.24, 2.45) is 0 Å². The van der Waals surface area contributed by atoms with Crippen LogP contribution in [0.5, 0.6) is 17.2 Å². The molecular formula is C35H44N2O3. The summed E-state index contributed by atoms with van der Waals surface area (Å²) in [5.41, 5.74) is 7.99. The number of phenols is 1. The largest absolute Gasteiger partial charge is 0.508 e. The smallest absolute Gasteiger partial charge is 0.231 e. The number of likely N-dealkylation sites (tertiary alicyclic amines) is 1. The second-order valence-electron chi connectivity index (χ2n) is 11.8. The predicted octanol–water partition coefficient (Wildman–Crippen LogP) is 7.23. The second-order valence-corrected chi connectivity index (χ2v) is 11.8. The van der Waals surface area contributed by atoms with E-state index in [0.29, 0.717) is 11.7 Å². The van der Waals surface area contributed by atoms with Crippen LogP contribution in [0.25, 0.3) is 0 Å². The number of anilines is 1. The number of benzene rings is 3. The van der Waals surface area contributed by atoms with Gasteiger partial charge in [-0.15, -0.1) is 0 Å². The van der Waals surface area contributed by atoms with Crippen molar-refractivity contribution in [3.05, 3.63) is 82.4 Å². The Morgan fingerprint density at radius 2 is 1.62 bits per heavy atom. The highest BCUT2D eigenvalue weighted by atomic mass is 16.7. The summed E-state index contributed by atoms with van der Waals surface area (Å²) < 4.78 is 11.6. The second kappa shape index (κ2) is 12.6. The van der Waals surface area contributed by atoms with Crippen LogP contribution in [0.3, 0.4) is 0 Å². The molecule has 0 radical (unpaired) electrons. The highest BCUT2D eigenvalue weighted by Gasteiger charge is 2.28. The molecule has 2 aliphatic heterocycles. The lowest BCUT2D eigenvalue weighted by atomic mass is 9.79. The number of ether oxygens (including phenoxy) is 2. The molecule has 1 aliphatic carbocycles. The summed E-state index contributed by atoms with van der Waals surface area (Å²) in [5, 5.41) is 9.95. The molecule has 5 nitrogen and oxygen atoms in total. The van der Waals surface area contributed by atoms with Crippen molar-refractivity contribution in [1.82, 2.24) is 4.90 Å². The van der Waals surface area contributed by atoms with E-state index < -0.39 is 0 Å². The minimum atomic E-state index is 0.288. The lowest BCUT2D eigenvalue weighted by molar-refractivity contribution is 0.174. The molecule has 1 N–H and O–H groups in total. The lowest BCUT2D eigenvalue weighted by Crippen LogP contribution is -2.26. The predicted molar refractivity (Wildman–Crippen MR) is 162 cm³/mol. The van der Waals surface area contributed by atoms with E-state index in [1.165, 1.54) is 85.2 Å². The van der Waals surface area contributed by atoms with Crippen molar-refractivity contribution in [1.29, 1.82) is 0 Å². The van der Waals surface area contributed by atoms with Gasteiger partial charge in [0.05, 0.1) is 0 Å². The molecular weight excluding hydrogens is 496 g/mol. The molecule has 3 aromatic rings. The molecule has 2 heterocycles. The first-order valence-electron chi connectivity index (χ1n) is 15.5. The molecule has 5 heteroatoms. The van der Waals surface area contributed by atoms with Gasteiger partial charge in [-0.2, -0.15) is 0 Å². The zero-order valence-corrected chi connectivity index (χ0v) is 24.0. The Morgan fingerprint density at radius 1 is 0.875 bits per heavy atom. The third-order valence-corrected chi connectivity index (χ3v) is 9.14. The SMILES string of the molecule is CCN(Cc1ccc(CCCN2CCCCCC2)cc1)c1cc2c(cc1C1CCc3cc(O)ccc3C1)OCO2. The van der Waals surface area contributed by atoms with Crippen LogP contribution in [0.15, 0.2) is 54.6 Å². The maximum Gasteiger partial charge on any atom is 0.231 e. The van der Waals surface area contributed by atoms with E-state index in [4.69, 9.17) is 9.47 Å². The van der Waals surface area contributed by atoms with Crippen LogP contribution in [-0.4, -0.2) is 43.0 Å². The summed E-state index contributed by atoms with van der Waals surface area (Å²) in [4.78, 5) is 5.15. The fourth-order valence-corrected chi connectivity index (χ4v) is 6.82. The fraction of sp³-hybridized carbons (Fsp3) is 0.486. The summed E-state index contributed by atoms with van der Waals surface area (Å²) in [6.45, 7) is 8.11. The number of phenolic OH excluding ortho intramolecular Hbond substituents is 1. The molecule has 1 unspecified atom stereocenters. The quantitative estimate of drug-likeness (QED) is 0.310. The van der Waals surface area contributed by atoms with E-state index in [-0.39, 0.29) is 6.79 Å². The average molecular weight is 541 g/mol. The van der Waals surface area contributed by atoms with E-state index >= 15 is 0 Å². The summed E-state index contributed by atoms with van der Waals surface area (Å²) >= 11 is 0. The van der Waals surface area contributed by atoms with Gasteiger partial charge < -0.3 is 24.4 Å². The topological polar surface area (TPSA) is 45.2 Å². The Hall–Kier alpha value is -3.18. The number of aromatic hydroxyl groups is 1. The molecule has 0 aromatic heterocycles. The van der Waals surface area contributed by atoms with Crippen LogP contribution < -0.4 is 14.4 Å². The van der Waals surface area contributed by atoms with Crippen molar-refractivity contribution < 1.29 is 14.6 Å². The number of fused-ring (bicyclic) bond motifs is 2. The van der Waals surface area contributed by atoms with Gasteiger partial charge >= 0.3 is 0 Å². The van der Waals surface area contributed by atoms with Crippen LogP contribution in [0.4, 0.5) is 5.69 Å². The van der Waals surface area contributed by atoms with Gasteiger partial charge in [0.1, 0.15) is 5.75 Å². The molecule has 1 saturated heterocycles. The first-order chi connectivity index (χ1) is 19.7. The molecule has 0 amide bonds. The van der Waals surface area contributed by atoms with Crippen molar-refractivity contribution in [2.75, 3.05) is 37.9 Å². The minimum absolute atomic E-state index is 0.288. The maximum absolute atomic E-state index is 9.95. The zero-order chi connectivity index (χ0) is 27.3. The van der Waals surface area contributed by atoms with Crippen molar-refractivity contribution >= 4 is 5.69 Å². The number of nitrogens with zero attached hydrogens (tertiary/aromatic N) is 2. The molecule has 6 rings (SSSR count). The standard InChI is InChI=1S/C35H44N2O3/c1-2-37(24-27-11-9-26(10-12-27)8-7-19-36-17-5-3-4-6-18-36)33-23-35-34(39-25-40-35)22-32(33)30-14-13-29-21-31(38)16-15-28(29)20-30/h9-12,15-16,21-23,30,38H,2-8,13-14,17-20,24-25H2,1H3. The Labute approximate surface area is 239 Å². The third kappa shape index (κ3) is 6.25. The van der Waals surface area contributed by atoms with Gasteiger partial charge in [-0.05, 0) is 123 Å². The van der Waals surface area contributed by atoms with Gasteiger partial charge in [-0.1, -0.05) is 43.2 Å². The number of rotatable bonds is 9. The number of aryl methyl sites for hydroxylation is 2. The van der Waals surface area contributed by atoms with Crippen LogP contribution >= 0.6 is 0 Å². The van der Waals surface area contributed by atoms with Gasteiger partial charge in [0, 0.05) is 24.8 Å². The van der Waals surface area contributed by atoms with Crippen LogP contribution in [0.1, 0.15) is 79.2 Å². The summed E-state index contributed by atoms with van der Waals surface area (Å²) in [7, 11) is 0. The monoisotopic (exact) mass is 540 g/mol. The molecule has 3 aliphatic rings. The first-order valence-corrected chi connectivity index (χ1v) is 15.5. The Kier molecular flexibility index (Phi) is 8.48. The Bertz CT molecular complexity index is 1280. The molecule has 0 bridgehead atoms. The summed E-state index contributed by atoms with van der Waals surface area (Å²) in [6.07, 6.45) is 11.0. The summed E-state index contributed by atoms with van der Waals surface area (Å²) in [6, 6.07) is 19.6. The molecule has 3 aromatic carbocycles. The first kappa shape index (κ1) is 27.0. The average Bonchev–Trinajstić information content (AvgIpc) is 3.29. The summed E-state index contributed by atoms with van der Waals surface area (Å²) in [5.74, 6) is 2.47. The highest BCUT2D eigenvalue weighted by Crippen LogP contribution is 2.45. The van der Waals surface area contributed by atoms with Gasteiger partial charge in [-0.25, -0.2) is 0 Å². The fourth-order valence-electron chi connectivity index (χ4n) is 6.82. The van der Waals surface area contributed by atoms with Crippen molar-refractivity contribution in [2.45, 2.75) is 77.2 Å². The zero-order valence-electron chi connectivity index (χ0n) is 24.0. The van der Waals surface area contributed by atoms with E-state index in [1.807, 2.05) is 12.1 Å². The Balaban J connectivity index is 1.15. The molecule has 1 atom stereocenters. The van der Waals surface area contributed by atoms with Gasteiger partial charge in [0.25, 0.3) is 0 Å². The van der Waals surface area contributed by atoms with E-state index in [2.05, 4.69) is 59.2 Å². The minimum Gasteiger partial charge on any atom is -0.508 e. The maximum atomic E-state index is 9.95. The molecule has 40 heavy (non-hydrogen) atoms. The lowest BCUT2D eigenvalue weighted by Gasteiger charge is -2.32. The van der Waals surface area contributed by atoms with Crippen molar-refractivity contribution in [3.63, 3.8) is 0 Å². The van der Waals surface area contributed by atoms with E-state index in [0.717, 1.165) is 50.3 Å². The van der Waals surface area contributed by atoms with E-state index in [9.17, 15) is 5.11 Å². The molecule has 1 fully saturated rings.